The third-order valence-corrected chi connectivity index (χ3v) is 4.16. The highest BCUT2D eigenvalue weighted by Crippen LogP contribution is 2.43. The van der Waals surface area contributed by atoms with Gasteiger partial charge in [0.2, 0.25) is 0 Å². The Labute approximate surface area is 111 Å². The molecule has 0 spiro atoms. The predicted molar refractivity (Wildman–Crippen MR) is 78.7 cm³/mol. The molecule has 0 bridgehead atoms. The van der Waals surface area contributed by atoms with Crippen molar-refractivity contribution < 1.29 is 0 Å². The zero-order valence-electron chi connectivity index (χ0n) is 11.9. The topological polar surface area (TPSA) is 12.0 Å². The smallest absolute Gasteiger partial charge is 0.0376 e. The summed E-state index contributed by atoms with van der Waals surface area (Å²) >= 11 is 0. The fourth-order valence-electron chi connectivity index (χ4n) is 2.98. The molecular formula is C17H25N. The molecule has 0 aromatic heterocycles. The van der Waals surface area contributed by atoms with Gasteiger partial charge in [-0.3, -0.25) is 0 Å². The Bertz CT molecular complexity index is 419. The van der Waals surface area contributed by atoms with Crippen LogP contribution in [0.1, 0.15) is 50.8 Å². The molecule has 1 aliphatic carbocycles. The summed E-state index contributed by atoms with van der Waals surface area (Å²) in [5.74, 6) is 0. The summed E-state index contributed by atoms with van der Waals surface area (Å²) in [6.45, 7) is 10.8. The van der Waals surface area contributed by atoms with E-state index in [1.165, 1.54) is 24.0 Å². The number of fused-ring (bicyclic) bond motifs is 1. The van der Waals surface area contributed by atoms with Gasteiger partial charge in [-0.05, 0) is 42.7 Å². The summed E-state index contributed by atoms with van der Waals surface area (Å²) in [5, 5.41) is 3.79. The third kappa shape index (κ3) is 2.67. The van der Waals surface area contributed by atoms with Gasteiger partial charge in [0, 0.05) is 12.1 Å². The number of hydrogen-bond acceptors (Lipinski definition) is 1. The molecular weight excluding hydrogens is 218 g/mol. The number of nitrogens with one attached hydrogen (secondary N) is 1. The van der Waals surface area contributed by atoms with Gasteiger partial charge in [0.15, 0.2) is 0 Å². The Morgan fingerprint density at radius 3 is 2.89 bits per heavy atom. The van der Waals surface area contributed by atoms with Crippen molar-refractivity contribution >= 4 is 0 Å². The Hall–Kier alpha value is -1.08. The first-order valence-electron chi connectivity index (χ1n) is 6.99. The maximum absolute atomic E-state index is 3.83. The van der Waals surface area contributed by atoms with E-state index in [-0.39, 0.29) is 0 Å². The SMILES string of the molecule is C=CCC(C)NC1c2ccccc2CCC1(C)C. The molecule has 18 heavy (non-hydrogen) atoms. The number of rotatable bonds is 4. The lowest BCUT2D eigenvalue weighted by atomic mass is 9.70. The minimum absolute atomic E-state index is 0.323. The maximum atomic E-state index is 3.83. The van der Waals surface area contributed by atoms with Crippen LogP contribution in [0.15, 0.2) is 36.9 Å². The summed E-state index contributed by atoms with van der Waals surface area (Å²) in [4.78, 5) is 0. The van der Waals surface area contributed by atoms with Crippen molar-refractivity contribution in [3.05, 3.63) is 48.0 Å². The first-order valence-corrected chi connectivity index (χ1v) is 6.99. The van der Waals surface area contributed by atoms with E-state index < -0.39 is 0 Å². The van der Waals surface area contributed by atoms with Crippen LogP contribution in [0.25, 0.3) is 0 Å². The van der Waals surface area contributed by atoms with Gasteiger partial charge in [-0.1, -0.05) is 44.2 Å². The summed E-state index contributed by atoms with van der Waals surface area (Å²) in [5.41, 5.74) is 3.33. The lowest BCUT2D eigenvalue weighted by Gasteiger charge is -2.42. The van der Waals surface area contributed by atoms with E-state index in [0.29, 0.717) is 17.5 Å². The summed E-state index contributed by atoms with van der Waals surface area (Å²) in [6.07, 6.45) is 5.48. The van der Waals surface area contributed by atoms with Crippen molar-refractivity contribution in [2.75, 3.05) is 0 Å². The van der Waals surface area contributed by atoms with Crippen LogP contribution >= 0.6 is 0 Å². The van der Waals surface area contributed by atoms with Crippen LogP contribution in [0.3, 0.4) is 0 Å². The molecule has 0 aliphatic heterocycles. The highest BCUT2D eigenvalue weighted by atomic mass is 15.0. The van der Waals surface area contributed by atoms with Crippen LogP contribution in [-0.2, 0) is 6.42 Å². The van der Waals surface area contributed by atoms with E-state index in [2.05, 4.69) is 56.9 Å². The number of benzene rings is 1. The van der Waals surface area contributed by atoms with E-state index in [4.69, 9.17) is 0 Å². The molecule has 0 amide bonds. The van der Waals surface area contributed by atoms with Crippen molar-refractivity contribution in [1.29, 1.82) is 0 Å². The predicted octanol–water partition coefficient (Wildman–Crippen LogP) is 4.25. The number of aryl methyl sites for hydroxylation is 1. The average Bonchev–Trinajstić information content (AvgIpc) is 2.33. The Kier molecular flexibility index (Phi) is 3.91. The molecule has 0 heterocycles. The van der Waals surface area contributed by atoms with Crippen molar-refractivity contribution in [3.63, 3.8) is 0 Å². The standard InChI is InChI=1S/C17H25N/c1-5-8-13(2)18-16-15-10-7-6-9-14(15)11-12-17(16,3)4/h5-7,9-10,13,16,18H,1,8,11-12H2,2-4H3. The molecule has 0 radical (unpaired) electrons. The van der Waals surface area contributed by atoms with E-state index in [0.717, 1.165) is 6.42 Å². The molecule has 2 unspecified atom stereocenters. The van der Waals surface area contributed by atoms with E-state index in [1.54, 1.807) is 0 Å². The van der Waals surface area contributed by atoms with Gasteiger partial charge < -0.3 is 5.32 Å². The fraction of sp³-hybridized carbons (Fsp3) is 0.529. The van der Waals surface area contributed by atoms with Crippen LogP contribution in [0.4, 0.5) is 0 Å². The minimum Gasteiger partial charge on any atom is -0.307 e. The molecule has 2 rings (SSSR count). The van der Waals surface area contributed by atoms with Crippen LogP contribution in [0.5, 0.6) is 0 Å². The first-order chi connectivity index (χ1) is 8.54. The van der Waals surface area contributed by atoms with E-state index in [1.807, 2.05) is 6.08 Å². The van der Waals surface area contributed by atoms with Gasteiger partial charge in [-0.25, -0.2) is 0 Å². The molecule has 1 N–H and O–H groups in total. The maximum Gasteiger partial charge on any atom is 0.0376 e. The molecule has 1 aromatic rings. The summed E-state index contributed by atoms with van der Waals surface area (Å²) in [7, 11) is 0. The summed E-state index contributed by atoms with van der Waals surface area (Å²) < 4.78 is 0. The second-order valence-corrected chi connectivity index (χ2v) is 6.21. The fourth-order valence-corrected chi connectivity index (χ4v) is 2.98. The van der Waals surface area contributed by atoms with Crippen LogP contribution in [0, 0.1) is 5.41 Å². The monoisotopic (exact) mass is 243 g/mol. The lowest BCUT2D eigenvalue weighted by molar-refractivity contribution is 0.196. The van der Waals surface area contributed by atoms with E-state index >= 15 is 0 Å². The largest absolute Gasteiger partial charge is 0.307 e. The molecule has 2 atom stereocenters. The first kappa shape index (κ1) is 13.4. The van der Waals surface area contributed by atoms with Crippen molar-refractivity contribution in [2.45, 2.75) is 52.1 Å². The second-order valence-electron chi connectivity index (χ2n) is 6.21. The number of hydrogen-bond donors (Lipinski definition) is 1. The molecule has 0 saturated carbocycles. The van der Waals surface area contributed by atoms with Gasteiger partial charge in [0.1, 0.15) is 0 Å². The van der Waals surface area contributed by atoms with Crippen LogP contribution in [0.2, 0.25) is 0 Å². The third-order valence-electron chi connectivity index (χ3n) is 4.16. The lowest BCUT2D eigenvalue weighted by Crippen LogP contribution is -2.41. The van der Waals surface area contributed by atoms with Crippen LogP contribution in [-0.4, -0.2) is 6.04 Å². The van der Waals surface area contributed by atoms with Crippen molar-refractivity contribution in [2.24, 2.45) is 5.41 Å². The van der Waals surface area contributed by atoms with Gasteiger partial charge in [-0.2, -0.15) is 0 Å². The molecule has 0 fully saturated rings. The zero-order chi connectivity index (χ0) is 13.2. The van der Waals surface area contributed by atoms with Crippen LogP contribution < -0.4 is 5.32 Å². The Morgan fingerprint density at radius 1 is 1.44 bits per heavy atom. The highest BCUT2D eigenvalue weighted by molar-refractivity contribution is 5.34. The van der Waals surface area contributed by atoms with Gasteiger partial charge in [-0.15, -0.1) is 6.58 Å². The van der Waals surface area contributed by atoms with Gasteiger partial charge in [0.25, 0.3) is 0 Å². The molecule has 0 saturated heterocycles. The van der Waals surface area contributed by atoms with Gasteiger partial charge >= 0.3 is 0 Å². The average molecular weight is 243 g/mol. The minimum atomic E-state index is 0.323. The normalized spacial score (nSPS) is 23.2. The molecule has 1 heteroatoms. The van der Waals surface area contributed by atoms with Gasteiger partial charge in [0.05, 0.1) is 0 Å². The molecule has 1 nitrogen and oxygen atoms in total. The molecule has 1 aliphatic rings. The molecule has 98 valence electrons. The van der Waals surface area contributed by atoms with Crippen molar-refractivity contribution in [1.82, 2.24) is 5.32 Å². The van der Waals surface area contributed by atoms with Crippen molar-refractivity contribution in [3.8, 4) is 0 Å². The zero-order valence-corrected chi connectivity index (χ0v) is 11.9. The quantitative estimate of drug-likeness (QED) is 0.779. The highest BCUT2D eigenvalue weighted by Gasteiger charge is 2.35. The Morgan fingerprint density at radius 2 is 2.17 bits per heavy atom. The second kappa shape index (κ2) is 5.27. The van der Waals surface area contributed by atoms with E-state index in [9.17, 15) is 0 Å². The Balaban J connectivity index is 2.27. The summed E-state index contributed by atoms with van der Waals surface area (Å²) in [6, 6.07) is 9.82. The molecule has 1 aromatic carbocycles.